The van der Waals surface area contributed by atoms with Crippen molar-refractivity contribution in [3.05, 3.63) is 42.1 Å². The van der Waals surface area contributed by atoms with Gasteiger partial charge in [0.15, 0.2) is 5.84 Å². The molecule has 12 heteroatoms. The number of amidine groups is 1. The highest BCUT2D eigenvalue weighted by atomic mass is 32.2. The highest BCUT2D eigenvalue weighted by molar-refractivity contribution is 7.89. The first-order valence-corrected chi connectivity index (χ1v) is 13.8. The number of carbonyl (C=O) groups is 2. The van der Waals surface area contributed by atoms with Gasteiger partial charge < -0.3 is 10.2 Å². The summed E-state index contributed by atoms with van der Waals surface area (Å²) in [6, 6.07) is 2.51. The van der Waals surface area contributed by atoms with Crippen LogP contribution >= 0.6 is 0 Å². The molecular weight excluding hydrogens is 521 g/mol. The van der Waals surface area contributed by atoms with Crippen molar-refractivity contribution in [3.8, 4) is 12.3 Å². The van der Waals surface area contributed by atoms with Gasteiger partial charge >= 0.3 is 6.18 Å². The zero-order chi connectivity index (χ0) is 27.9. The van der Waals surface area contributed by atoms with Crippen LogP contribution < -0.4 is 5.32 Å². The topological polar surface area (TPSA) is 99.2 Å². The summed E-state index contributed by atoms with van der Waals surface area (Å²) >= 11 is 0. The lowest BCUT2D eigenvalue weighted by Gasteiger charge is -2.39. The van der Waals surface area contributed by atoms with Gasteiger partial charge in [-0.2, -0.15) is 17.5 Å². The molecule has 2 amide bonds. The number of aliphatic imine (C=N–C) groups is 1. The number of nitrogens with zero attached hydrogens (tertiary/aromatic N) is 3. The fraction of sp³-hybridized carbons (Fsp3) is 0.500. The van der Waals surface area contributed by atoms with Crippen molar-refractivity contribution < 1.29 is 31.2 Å². The minimum atomic E-state index is -4.72. The molecule has 2 fully saturated rings. The minimum absolute atomic E-state index is 0.0139. The molecule has 1 saturated heterocycles. The number of sulfonamides is 1. The predicted octanol–water partition coefficient (Wildman–Crippen LogP) is 3.56. The number of hydrogen-bond acceptors (Lipinski definition) is 5. The van der Waals surface area contributed by atoms with Gasteiger partial charge in [-0.15, -0.1) is 6.42 Å². The third-order valence-corrected chi connectivity index (χ3v) is 8.55. The van der Waals surface area contributed by atoms with Gasteiger partial charge in [0.1, 0.15) is 6.04 Å². The summed E-state index contributed by atoms with van der Waals surface area (Å²) in [5.41, 5.74) is -1.10. The van der Waals surface area contributed by atoms with E-state index in [4.69, 9.17) is 6.42 Å². The summed E-state index contributed by atoms with van der Waals surface area (Å²) < 4.78 is 66.4. The number of halogens is 3. The Balaban J connectivity index is 1.81. The summed E-state index contributed by atoms with van der Waals surface area (Å²) in [4.78, 5) is 31.3. The number of amides is 2. The lowest BCUT2D eigenvalue weighted by atomic mass is 9.84. The molecule has 2 aliphatic rings. The number of alkyl halides is 3. The zero-order valence-electron chi connectivity index (χ0n) is 21.1. The summed E-state index contributed by atoms with van der Waals surface area (Å²) in [7, 11) is -4.38. The number of terminal acetylenes is 1. The standard InChI is InChI=1S/C26H31F3N4O4S/c1-3-13-30-23(4-2)31-25(35)22(16-19-9-6-5-7-10-19)33-15-14-32(18-24(33)34)38(36,37)21-12-8-11-20(17-21)26(27,28)29/h2-3,8,11-13,17,19,22H,5-7,9-10,14-16,18H2,1H3,(H,30,31,35)/b13-3-/t22-/m0/s1. The van der Waals surface area contributed by atoms with Crippen molar-refractivity contribution in [2.45, 2.75) is 62.6 Å². The average molecular weight is 553 g/mol. The van der Waals surface area contributed by atoms with Gasteiger partial charge in [0.2, 0.25) is 21.8 Å². The van der Waals surface area contributed by atoms with Gasteiger partial charge in [-0.05, 0) is 43.4 Å². The van der Waals surface area contributed by atoms with Crippen LogP contribution in [0.4, 0.5) is 13.2 Å². The van der Waals surface area contributed by atoms with Crippen molar-refractivity contribution in [2.75, 3.05) is 19.6 Å². The third kappa shape index (κ3) is 7.23. The Morgan fingerprint density at radius 3 is 2.58 bits per heavy atom. The Morgan fingerprint density at radius 2 is 1.97 bits per heavy atom. The van der Waals surface area contributed by atoms with Gasteiger partial charge in [-0.1, -0.05) is 44.2 Å². The largest absolute Gasteiger partial charge is 0.416 e. The number of allylic oxidation sites excluding steroid dienone is 1. The predicted molar refractivity (Wildman–Crippen MR) is 136 cm³/mol. The fourth-order valence-electron chi connectivity index (χ4n) is 4.75. The molecule has 1 aromatic rings. The lowest BCUT2D eigenvalue weighted by molar-refractivity contribution is -0.143. The second-order valence-electron chi connectivity index (χ2n) is 9.30. The molecule has 1 atom stereocenters. The minimum Gasteiger partial charge on any atom is -0.328 e. The number of benzene rings is 1. The first-order chi connectivity index (χ1) is 18.0. The van der Waals surface area contributed by atoms with Gasteiger partial charge in [0, 0.05) is 19.3 Å². The van der Waals surface area contributed by atoms with Crippen LogP contribution in [0.1, 0.15) is 51.0 Å². The molecule has 0 spiro atoms. The monoisotopic (exact) mass is 552 g/mol. The van der Waals surface area contributed by atoms with E-state index in [0.29, 0.717) is 12.5 Å². The number of piperazine rings is 1. The normalized spacial score (nSPS) is 19.4. The van der Waals surface area contributed by atoms with E-state index in [-0.39, 0.29) is 24.8 Å². The van der Waals surface area contributed by atoms with E-state index in [9.17, 15) is 31.2 Å². The van der Waals surface area contributed by atoms with Crippen LogP contribution in [0.3, 0.4) is 0 Å². The highest BCUT2D eigenvalue weighted by Crippen LogP contribution is 2.32. The zero-order valence-corrected chi connectivity index (χ0v) is 21.9. The molecular formula is C26H31F3N4O4S. The number of rotatable bonds is 7. The van der Waals surface area contributed by atoms with Crippen LogP contribution in [0.2, 0.25) is 0 Å². The molecule has 1 N–H and O–H groups in total. The smallest absolute Gasteiger partial charge is 0.328 e. The Kier molecular flexibility index (Phi) is 9.73. The maximum absolute atomic E-state index is 13.3. The van der Waals surface area contributed by atoms with Crippen molar-refractivity contribution >= 4 is 27.7 Å². The molecule has 0 bridgehead atoms. The van der Waals surface area contributed by atoms with Crippen LogP contribution in [0.25, 0.3) is 0 Å². The van der Waals surface area contributed by atoms with E-state index >= 15 is 0 Å². The van der Waals surface area contributed by atoms with E-state index in [2.05, 4.69) is 16.2 Å². The summed E-state index contributed by atoms with van der Waals surface area (Å²) in [6.45, 7) is 0.866. The van der Waals surface area contributed by atoms with E-state index < -0.39 is 51.1 Å². The van der Waals surface area contributed by atoms with Crippen LogP contribution in [0.15, 0.2) is 46.4 Å². The molecule has 0 aromatic heterocycles. The van der Waals surface area contributed by atoms with Crippen molar-refractivity contribution in [3.63, 3.8) is 0 Å². The van der Waals surface area contributed by atoms with Crippen molar-refractivity contribution in [1.82, 2.24) is 14.5 Å². The molecule has 0 radical (unpaired) electrons. The average Bonchev–Trinajstić information content (AvgIpc) is 2.90. The van der Waals surface area contributed by atoms with Gasteiger partial charge in [0.05, 0.1) is 17.0 Å². The van der Waals surface area contributed by atoms with Gasteiger partial charge in [-0.3, -0.25) is 9.59 Å². The van der Waals surface area contributed by atoms with Crippen LogP contribution in [-0.4, -0.2) is 60.9 Å². The fourth-order valence-corrected chi connectivity index (χ4v) is 6.18. The molecule has 8 nitrogen and oxygen atoms in total. The highest BCUT2D eigenvalue weighted by Gasteiger charge is 2.40. The second-order valence-corrected chi connectivity index (χ2v) is 11.2. The first kappa shape index (κ1) is 29.4. The van der Waals surface area contributed by atoms with E-state index in [0.717, 1.165) is 54.6 Å². The maximum Gasteiger partial charge on any atom is 0.416 e. The molecule has 206 valence electrons. The summed E-state index contributed by atoms with van der Waals surface area (Å²) in [5, 5.41) is 2.59. The molecule has 1 saturated carbocycles. The quantitative estimate of drug-likeness (QED) is 0.318. The Bertz CT molecular complexity index is 1230. The van der Waals surface area contributed by atoms with Gasteiger partial charge in [0.25, 0.3) is 0 Å². The van der Waals surface area contributed by atoms with Crippen molar-refractivity contribution in [1.29, 1.82) is 0 Å². The van der Waals surface area contributed by atoms with E-state index in [1.165, 1.54) is 11.1 Å². The number of nitrogens with one attached hydrogen (secondary N) is 1. The third-order valence-electron chi connectivity index (χ3n) is 6.71. The molecule has 1 heterocycles. The molecule has 1 aromatic carbocycles. The SMILES string of the molecule is C#CC(=N/C=C\C)NC(=O)[C@H](CC1CCCCC1)N1CCN(S(=O)(=O)c2cccc(C(F)(F)F)c2)CC1=O. The summed E-state index contributed by atoms with van der Waals surface area (Å²) in [6.07, 6.45) is 9.17. The lowest BCUT2D eigenvalue weighted by Crippen LogP contribution is -2.59. The molecule has 38 heavy (non-hydrogen) atoms. The Hall–Kier alpha value is -3.17. The number of hydrogen-bond donors (Lipinski definition) is 1. The number of carbonyl (C=O) groups excluding carboxylic acids is 2. The Labute approximate surface area is 221 Å². The first-order valence-electron chi connectivity index (χ1n) is 12.4. The molecule has 1 aliphatic carbocycles. The molecule has 1 aliphatic heterocycles. The molecule has 3 rings (SSSR count). The van der Waals surface area contributed by atoms with Crippen LogP contribution in [0, 0.1) is 18.3 Å². The van der Waals surface area contributed by atoms with Crippen LogP contribution in [0.5, 0.6) is 0 Å². The summed E-state index contributed by atoms with van der Waals surface area (Å²) in [5.74, 6) is 1.36. The molecule has 0 unspecified atom stereocenters. The maximum atomic E-state index is 13.3. The van der Waals surface area contributed by atoms with Gasteiger partial charge in [-0.25, -0.2) is 13.4 Å². The van der Waals surface area contributed by atoms with E-state index in [1.54, 1.807) is 13.0 Å². The van der Waals surface area contributed by atoms with Crippen LogP contribution in [-0.2, 0) is 25.8 Å². The second kappa shape index (κ2) is 12.6. The Morgan fingerprint density at radius 1 is 1.26 bits per heavy atom. The van der Waals surface area contributed by atoms with Crippen molar-refractivity contribution in [2.24, 2.45) is 10.9 Å². The van der Waals surface area contributed by atoms with E-state index in [1.807, 2.05) is 0 Å².